The Morgan fingerprint density at radius 2 is 0.621 bits per heavy atom. The lowest BCUT2D eigenvalue weighted by Gasteiger charge is -2.21. The van der Waals surface area contributed by atoms with Gasteiger partial charge in [0, 0.05) is 21.4 Å². The summed E-state index contributed by atoms with van der Waals surface area (Å²) in [5.41, 5.74) is 5.67. The van der Waals surface area contributed by atoms with Crippen molar-refractivity contribution in [1.29, 1.82) is 0 Å². The molecule has 142 valence electrons. The van der Waals surface area contributed by atoms with Gasteiger partial charge in [0.15, 0.2) is 0 Å². The molecule has 4 rings (SSSR count). The normalized spacial score (nSPS) is 11.1. The number of rotatable bonds is 8. The number of hydrogen-bond donors (Lipinski definition) is 0. The Morgan fingerprint density at radius 3 is 0.862 bits per heavy atom. The molecule has 1 heteroatoms. The van der Waals surface area contributed by atoms with Gasteiger partial charge in [0.25, 0.3) is 0 Å². The second-order valence-electron chi connectivity index (χ2n) is 7.41. The summed E-state index contributed by atoms with van der Waals surface area (Å²) in [5.74, 6) is 0.922. The van der Waals surface area contributed by atoms with Crippen LogP contribution >= 0.6 is 0 Å². The molecule has 0 bridgehead atoms. The van der Waals surface area contributed by atoms with E-state index in [2.05, 4.69) is 121 Å². The largest absolute Gasteiger partial charge is 0.0622 e. The van der Waals surface area contributed by atoms with Crippen molar-refractivity contribution in [3.05, 3.63) is 144 Å². The molecule has 0 spiro atoms. The third-order valence-electron chi connectivity index (χ3n) is 5.50. The first kappa shape index (κ1) is 19.4. The molecule has 0 saturated heterocycles. The second kappa shape index (κ2) is 10.0. The molecule has 0 saturated carbocycles. The lowest BCUT2D eigenvalue weighted by molar-refractivity contribution is 0.877. The summed E-state index contributed by atoms with van der Waals surface area (Å²) in [4.78, 5) is 0. The predicted molar refractivity (Wildman–Crippen MR) is 125 cm³/mol. The molecule has 0 unspecified atom stereocenters. The highest BCUT2D eigenvalue weighted by Crippen LogP contribution is 2.32. The van der Waals surface area contributed by atoms with Gasteiger partial charge in [0.2, 0.25) is 0 Å². The van der Waals surface area contributed by atoms with E-state index in [4.69, 9.17) is 0 Å². The van der Waals surface area contributed by atoms with Crippen molar-refractivity contribution >= 4 is 9.52 Å². The summed E-state index contributed by atoms with van der Waals surface area (Å²) in [5, 5.41) is 0. The van der Waals surface area contributed by atoms with Crippen molar-refractivity contribution in [2.75, 3.05) is 0 Å². The topological polar surface area (TPSA) is 0 Å². The van der Waals surface area contributed by atoms with E-state index in [-0.39, 0.29) is 0 Å². The molecule has 0 aliphatic carbocycles. The molecule has 0 atom stereocenters. The van der Waals surface area contributed by atoms with Crippen LogP contribution < -0.4 is 0 Å². The Balaban J connectivity index is 1.53. The van der Waals surface area contributed by atoms with Crippen molar-refractivity contribution in [3.63, 3.8) is 0 Å². The Morgan fingerprint density at radius 1 is 0.379 bits per heavy atom. The van der Waals surface area contributed by atoms with Crippen LogP contribution in [0.15, 0.2) is 121 Å². The van der Waals surface area contributed by atoms with Crippen molar-refractivity contribution in [1.82, 2.24) is 0 Å². The fourth-order valence-corrected chi connectivity index (χ4v) is 5.66. The Bertz CT molecular complexity index is 804. The maximum absolute atomic E-state index is 2.27. The molecule has 0 nitrogen and oxygen atoms in total. The molecule has 0 aromatic heterocycles. The Labute approximate surface area is 177 Å². The maximum Gasteiger partial charge on any atom is 0.0397 e. The Kier molecular flexibility index (Phi) is 6.72. The van der Waals surface area contributed by atoms with Gasteiger partial charge in [0.1, 0.15) is 0 Å². The zero-order chi connectivity index (χ0) is 19.7. The van der Waals surface area contributed by atoms with Gasteiger partial charge in [-0.25, -0.2) is 0 Å². The van der Waals surface area contributed by atoms with Gasteiger partial charge in [0.05, 0.1) is 0 Å². The minimum absolute atomic E-state index is 0.461. The highest BCUT2D eigenvalue weighted by Gasteiger charge is 2.18. The van der Waals surface area contributed by atoms with E-state index in [1.165, 1.54) is 34.3 Å². The molecular formula is C28H26Si. The molecular weight excluding hydrogens is 364 g/mol. The average molecular weight is 391 g/mol. The third kappa shape index (κ3) is 5.13. The van der Waals surface area contributed by atoms with Crippen LogP contribution in [0, 0.1) is 0 Å². The van der Waals surface area contributed by atoms with Crippen molar-refractivity contribution in [2.24, 2.45) is 0 Å². The smallest absolute Gasteiger partial charge is 0.0397 e. The van der Waals surface area contributed by atoms with Crippen LogP contribution in [-0.2, 0) is 0 Å². The fraction of sp³-hybridized carbons (Fsp3) is 0.143. The lowest BCUT2D eigenvalue weighted by atomic mass is 9.93. The summed E-state index contributed by atoms with van der Waals surface area (Å²) in [7, 11) is 0.895. The van der Waals surface area contributed by atoms with E-state index < -0.39 is 0 Å². The fourth-order valence-electron chi connectivity index (χ4n) is 3.97. The van der Waals surface area contributed by atoms with Crippen LogP contribution in [0.5, 0.6) is 0 Å². The van der Waals surface area contributed by atoms with Gasteiger partial charge >= 0.3 is 0 Å². The van der Waals surface area contributed by atoms with Crippen molar-refractivity contribution in [3.8, 4) is 0 Å². The highest BCUT2D eigenvalue weighted by molar-refractivity contribution is 6.36. The van der Waals surface area contributed by atoms with Gasteiger partial charge in [-0.1, -0.05) is 133 Å². The van der Waals surface area contributed by atoms with Crippen LogP contribution in [0.2, 0.25) is 12.1 Å². The molecule has 0 heterocycles. The van der Waals surface area contributed by atoms with Gasteiger partial charge < -0.3 is 0 Å². The summed E-state index contributed by atoms with van der Waals surface area (Å²) < 4.78 is 0. The average Bonchev–Trinajstić information content (AvgIpc) is 2.81. The molecule has 4 aromatic carbocycles. The van der Waals surface area contributed by atoms with Gasteiger partial charge in [-0.2, -0.15) is 0 Å². The van der Waals surface area contributed by atoms with Crippen LogP contribution in [0.1, 0.15) is 34.1 Å². The van der Waals surface area contributed by atoms with Gasteiger partial charge in [-0.05, 0) is 22.3 Å². The van der Waals surface area contributed by atoms with E-state index in [0.717, 1.165) is 9.52 Å². The molecule has 0 fully saturated rings. The van der Waals surface area contributed by atoms with Gasteiger partial charge in [-0.3, -0.25) is 0 Å². The van der Waals surface area contributed by atoms with Crippen LogP contribution in [-0.4, -0.2) is 9.52 Å². The first-order valence-corrected chi connectivity index (χ1v) is 11.7. The standard InChI is InChI=1S/C28H26Si/c1-5-13-23(14-6-1)27(24-15-7-2-8-16-24)21-29-22-28(25-17-9-3-10-18-25)26-19-11-4-12-20-26/h1-20,27-28H,21-22H2. The predicted octanol–water partition coefficient (Wildman–Crippen LogP) is 7.19. The summed E-state index contributed by atoms with van der Waals surface area (Å²) in [6.45, 7) is 0. The molecule has 0 aliphatic heterocycles. The first-order chi connectivity index (χ1) is 14.4. The molecule has 0 aliphatic rings. The maximum atomic E-state index is 2.27. The van der Waals surface area contributed by atoms with Crippen LogP contribution in [0.3, 0.4) is 0 Å². The zero-order valence-corrected chi connectivity index (χ0v) is 17.6. The second-order valence-corrected chi connectivity index (χ2v) is 8.72. The monoisotopic (exact) mass is 390 g/mol. The van der Waals surface area contributed by atoms with E-state index in [0.29, 0.717) is 11.8 Å². The third-order valence-corrected chi connectivity index (χ3v) is 6.90. The number of benzene rings is 4. The molecule has 2 radical (unpaired) electrons. The quantitative estimate of drug-likeness (QED) is 0.279. The summed E-state index contributed by atoms with van der Waals surface area (Å²) in [6, 6.07) is 46.2. The zero-order valence-electron chi connectivity index (χ0n) is 16.6. The van der Waals surface area contributed by atoms with E-state index in [1.54, 1.807) is 0 Å². The van der Waals surface area contributed by atoms with Crippen LogP contribution in [0.4, 0.5) is 0 Å². The number of hydrogen-bond acceptors (Lipinski definition) is 0. The van der Waals surface area contributed by atoms with Crippen molar-refractivity contribution < 1.29 is 0 Å². The minimum Gasteiger partial charge on any atom is -0.0622 e. The Hall–Kier alpha value is -2.90. The van der Waals surface area contributed by atoms with E-state index in [1.807, 2.05) is 0 Å². The minimum atomic E-state index is 0.461. The van der Waals surface area contributed by atoms with E-state index >= 15 is 0 Å². The highest BCUT2D eigenvalue weighted by atomic mass is 28.2. The summed E-state index contributed by atoms with van der Waals surface area (Å²) >= 11 is 0. The van der Waals surface area contributed by atoms with Gasteiger partial charge in [-0.15, -0.1) is 0 Å². The molecule has 0 N–H and O–H groups in total. The van der Waals surface area contributed by atoms with Crippen molar-refractivity contribution in [2.45, 2.75) is 23.9 Å². The molecule has 29 heavy (non-hydrogen) atoms. The SMILES string of the molecule is c1ccc(C(C[Si]CC(c2ccccc2)c2ccccc2)c2ccccc2)cc1. The molecule has 0 amide bonds. The summed E-state index contributed by atoms with van der Waals surface area (Å²) in [6.07, 6.45) is 0. The molecule has 4 aromatic rings. The van der Waals surface area contributed by atoms with Crippen LogP contribution in [0.25, 0.3) is 0 Å². The van der Waals surface area contributed by atoms with E-state index in [9.17, 15) is 0 Å². The first-order valence-electron chi connectivity index (χ1n) is 10.3. The lowest BCUT2D eigenvalue weighted by Crippen LogP contribution is -2.09.